The molecule has 0 fully saturated rings. The summed E-state index contributed by atoms with van der Waals surface area (Å²) in [6, 6.07) is 15.5. The predicted molar refractivity (Wildman–Crippen MR) is 168 cm³/mol. The zero-order chi connectivity index (χ0) is 31.6. The van der Waals surface area contributed by atoms with E-state index in [0.29, 0.717) is 6.42 Å². The number of hydrogen-bond donors (Lipinski definition) is 4. The van der Waals surface area contributed by atoms with Crippen LogP contribution in [0.3, 0.4) is 0 Å². The Labute approximate surface area is 259 Å². The van der Waals surface area contributed by atoms with Crippen molar-refractivity contribution in [2.24, 2.45) is 11.7 Å². The van der Waals surface area contributed by atoms with E-state index in [0.717, 1.165) is 11.1 Å². The Balaban J connectivity index is 0.00000968. The van der Waals surface area contributed by atoms with Crippen LogP contribution in [0.5, 0.6) is 0 Å². The van der Waals surface area contributed by atoms with Crippen LogP contribution in [-0.2, 0) is 41.7 Å². The van der Waals surface area contributed by atoms with Crippen LogP contribution < -0.4 is 21.7 Å². The molecule has 0 saturated heterocycles. The normalized spacial score (nSPS) is 12.7. The summed E-state index contributed by atoms with van der Waals surface area (Å²) in [7, 11) is 0. The van der Waals surface area contributed by atoms with Gasteiger partial charge < -0.3 is 31.2 Å². The summed E-state index contributed by atoms with van der Waals surface area (Å²) in [5, 5.41) is 8.19. The van der Waals surface area contributed by atoms with Crippen molar-refractivity contribution in [3.05, 3.63) is 83.9 Å². The lowest BCUT2D eigenvalue weighted by molar-refractivity contribution is -0.137. The van der Waals surface area contributed by atoms with E-state index in [9.17, 15) is 24.0 Å². The molecule has 0 radical (unpaired) electrons. The summed E-state index contributed by atoms with van der Waals surface area (Å²) in [6.45, 7) is 5.69. The minimum absolute atomic E-state index is 0. The van der Waals surface area contributed by atoms with E-state index in [1.165, 1.54) is 12.2 Å². The Hall–Kier alpha value is -4.67. The van der Waals surface area contributed by atoms with Crippen LogP contribution in [-0.4, -0.2) is 54.5 Å². The molecule has 2 aromatic rings. The van der Waals surface area contributed by atoms with Gasteiger partial charge in [0.05, 0.1) is 6.61 Å². The molecule has 0 aliphatic rings. The lowest BCUT2D eigenvalue weighted by Gasteiger charge is -2.25. The minimum atomic E-state index is -1.04. The summed E-state index contributed by atoms with van der Waals surface area (Å²) < 4.78 is 10.2. The van der Waals surface area contributed by atoms with Gasteiger partial charge in [0.1, 0.15) is 18.7 Å². The number of carbonyl (C=O) groups is 5. The van der Waals surface area contributed by atoms with E-state index in [1.54, 1.807) is 6.92 Å². The summed E-state index contributed by atoms with van der Waals surface area (Å²) >= 11 is 0. The average Bonchev–Trinajstić information content (AvgIpc) is 2.97. The molecule has 0 aromatic heterocycles. The van der Waals surface area contributed by atoms with Crippen molar-refractivity contribution in [1.29, 1.82) is 0 Å². The molecule has 0 bridgehead atoms. The monoisotopic (exact) mass is 610 g/mol. The molecule has 44 heavy (non-hydrogen) atoms. The van der Waals surface area contributed by atoms with Crippen molar-refractivity contribution in [2.45, 2.75) is 78.6 Å². The summed E-state index contributed by atoms with van der Waals surface area (Å²) in [4.78, 5) is 62.9. The number of rotatable bonds is 17. The molecule has 0 unspecified atom stereocenters. The summed E-state index contributed by atoms with van der Waals surface area (Å²) in [6.07, 6.45) is 2.37. The van der Waals surface area contributed by atoms with E-state index in [1.807, 2.05) is 74.5 Å². The van der Waals surface area contributed by atoms with Gasteiger partial charge in [0.25, 0.3) is 0 Å². The molecule has 3 atom stereocenters. The third kappa shape index (κ3) is 15.0. The Bertz CT molecular complexity index is 1220. The van der Waals surface area contributed by atoms with Crippen molar-refractivity contribution in [3.63, 3.8) is 0 Å². The largest absolute Gasteiger partial charge is 0.463 e. The van der Waals surface area contributed by atoms with Gasteiger partial charge in [-0.1, -0.05) is 88.0 Å². The first-order valence-electron chi connectivity index (χ1n) is 14.3. The number of benzene rings is 2. The first kappa shape index (κ1) is 37.4. The highest BCUT2D eigenvalue weighted by atomic mass is 16.5. The van der Waals surface area contributed by atoms with Crippen LogP contribution >= 0.6 is 0 Å². The number of esters is 1. The highest BCUT2D eigenvalue weighted by Gasteiger charge is 2.29. The topological polar surface area (TPSA) is 166 Å². The third-order valence-corrected chi connectivity index (χ3v) is 6.22. The van der Waals surface area contributed by atoms with Crippen molar-refractivity contribution in [3.8, 4) is 0 Å². The number of hydrogen-bond acceptors (Lipinski definition) is 7. The van der Waals surface area contributed by atoms with E-state index < -0.39 is 47.9 Å². The minimum Gasteiger partial charge on any atom is -0.463 e. The van der Waals surface area contributed by atoms with Crippen LogP contribution in [0.2, 0.25) is 0 Å². The van der Waals surface area contributed by atoms with Crippen LogP contribution in [0.4, 0.5) is 4.79 Å². The smallest absolute Gasteiger partial charge is 0.408 e. The molecule has 5 N–H and O–H groups in total. The molecule has 0 aliphatic heterocycles. The van der Waals surface area contributed by atoms with Crippen molar-refractivity contribution in [1.82, 2.24) is 16.0 Å². The van der Waals surface area contributed by atoms with E-state index in [-0.39, 0.29) is 45.8 Å². The van der Waals surface area contributed by atoms with Gasteiger partial charge in [-0.05, 0) is 36.8 Å². The number of ether oxygens (including phenoxy) is 2. The first-order chi connectivity index (χ1) is 20.6. The van der Waals surface area contributed by atoms with Gasteiger partial charge in [0.15, 0.2) is 0 Å². The molecule has 0 aliphatic carbocycles. The van der Waals surface area contributed by atoms with E-state index in [2.05, 4.69) is 16.0 Å². The fourth-order valence-electron chi connectivity index (χ4n) is 4.12. The fraction of sp³-hybridized carbons (Fsp3) is 0.424. The molecule has 2 aromatic carbocycles. The zero-order valence-electron chi connectivity index (χ0n) is 24.9. The van der Waals surface area contributed by atoms with Gasteiger partial charge in [-0.3, -0.25) is 14.4 Å². The first-order valence-corrected chi connectivity index (χ1v) is 14.3. The third-order valence-electron chi connectivity index (χ3n) is 6.22. The molecule has 0 spiro atoms. The van der Waals surface area contributed by atoms with Gasteiger partial charge in [0, 0.05) is 25.0 Å². The highest BCUT2D eigenvalue weighted by molar-refractivity contribution is 5.92. The molecule has 4 amide bonds. The van der Waals surface area contributed by atoms with Crippen LogP contribution in [0.1, 0.15) is 58.6 Å². The zero-order valence-corrected chi connectivity index (χ0v) is 24.9. The molecule has 11 heteroatoms. The SMILES string of the molecule is C.CCOC(=O)/C=C/[C@H](CCC(N)=O)NC(=O)[C@H](Cc1ccccc1)NC(=O)[C@H](CC(C)C)NC(=O)OCc1ccccc1. The van der Waals surface area contributed by atoms with Crippen LogP contribution in [0.15, 0.2) is 72.8 Å². The molecule has 0 heterocycles. The Morgan fingerprint density at radius 3 is 1.98 bits per heavy atom. The quantitative estimate of drug-likeness (QED) is 0.157. The van der Waals surface area contributed by atoms with Gasteiger partial charge in [-0.25, -0.2) is 9.59 Å². The summed E-state index contributed by atoms with van der Waals surface area (Å²) in [5.41, 5.74) is 6.88. The number of amides is 4. The Kier molecular flexibility index (Phi) is 17.2. The molecule has 0 saturated carbocycles. The van der Waals surface area contributed by atoms with Crippen molar-refractivity contribution in [2.75, 3.05) is 6.61 Å². The summed E-state index contributed by atoms with van der Waals surface area (Å²) in [5.74, 6) is -2.23. The maximum atomic E-state index is 13.5. The molecular weight excluding hydrogens is 564 g/mol. The lowest BCUT2D eigenvalue weighted by atomic mass is 10.0. The predicted octanol–water partition coefficient (Wildman–Crippen LogP) is 3.56. The molecule has 2 rings (SSSR count). The van der Waals surface area contributed by atoms with Gasteiger partial charge >= 0.3 is 12.1 Å². The second kappa shape index (κ2) is 20.3. The molecule has 240 valence electrons. The maximum absolute atomic E-state index is 13.5. The second-order valence-electron chi connectivity index (χ2n) is 10.4. The van der Waals surface area contributed by atoms with E-state index >= 15 is 0 Å². The Morgan fingerprint density at radius 1 is 0.818 bits per heavy atom. The van der Waals surface area contributed by atoms with Crippen molar-refractivity contribution >= 4 is 29.8 Å². The number of nitrogens with two attached hydrogens (primary N) is 1. The molecular formula is C33H46N4O7. The number of nitrogens with one attached hydrogen (secondary N) is 3. The average molecular weight is 611 g/mol. The molecule has 11 nitrogen and oxygen atoms in total. The lowest BCUT2D eigenvalue weighted by Crippen LogP contribution is -2.55. The Morgan fingerprint density at radius 2 is 1.41 bits per heavy atom. The van der Waals surface area contributed by atoms with Gasteiger partial charge in [-0.2, -0.15) is 0 Å². The van der Waals surface area contributed by atoms with E-state index in [4.69, 9.17) is 15.2 Å². The second-order valence-corrected chi connectivity index (χ2v) is 10.4. The fourth-order valence-corrected chi connectivity index (χ4v) is 4.12. The highest BCUT2D eigenvalue weighted by Crippen LogP contribution is 2.10. The van der Waals surface area contributed by atoms with Gasteiger partial charge in [0.2, 0.25) is 17.7 Å². The maximum Gasteiger partial charge on any atom is 0.408 e. The standard InChI is InChI=1S/C32H42N4O7.CH4/c1-4-42-29(38)18-16-25(15-17-28(33)37)34-30(39)27(20-23-11-7-5-8-12-23)35-31(40)26(19-22(2)3)36-32(41)43-21-24-13-9-6-10-14-24;/h5-14,16,18,22,25-27H,4,15,17,19-21H2,1-3H3,(H2,33,37)(H,34,39)(H,35,40)(H,36,41);1H4/b18-16+;/t25-,26-,27-;/m0./s1. The number of alkyl carbamates (subject to hydrolysis) is 1. The number of carbonyl (C=O) groups excluding carboxylic acids is 5. The number of primary amides is 1. The van der Waals surface area contributed by atoms with Crippen LogP contribution in [0, 0.1) is 5.92 Å². The van der Waals surface area contributed by atoms with Crippen molar-refractivity contribution < 1.29 is 33.4 Å². The van der Waals surface area contributed by atoms with Gasteiger partial charge in [-0.15, -0.1) is 0 Å². The van der Waals surface area contributed by atoms with Crippen LogP contribution in [0.25, 0.3) is 0 Å².